The molecule has 1 aromatic heterocycles. The van der Waals surface area contributed by atoms with Gasteiger partial charge in [-0.05, 0) is 36.3 Å². The van der Waals surface area contributed by atoms with Crippen LogP contribution in [0.1, 0.15) is 26.3 Å². The van der Waals surface area contributed by atoms with Gasteiger partial charge >= 0.3 is 0 Å². The minimum atomic E-state index is -0.108. The summed E-state index contributed by atoms with van der Waals surface area (Å²) in [5.41, 5.74) is 3.07. The Kier molecular flexibility index (Phi) is 3.75. The molecule has 116 valence electrons. The lowest BCUT2D eigenvalue weighted by Crippen LogP contribution is -2.26. The Balaban J connectivity index is 2.06. The molecule has 1 aliphatic carbocycles. The van der Waals surface area contributed by atoms with E-state index in [-0.39, 0.29) is 17.7 Å². The summed E-state index contributed by atoms with van der Waals surface area (Å²) in [6.45, 7) is 5.94. The summed E-state index contributed by atoms with van der Waals surface area (Å²) in [5, 5.41) is 12.0. The molecule has 0 saturated carbocycles. The summed E-state index contributed by atoms with van der Waals surface area (Å²) >= 11 is 0. The van der Waals surface area contributed by atoms with Crippen molar-refractivity contribution in [3.05, 3.63) is 42.0 Å². The second kappa shape index (κ2) is 5.73. The first-order chi connectivity index (χ1) is 11.0. The van der Waals surface area contributed by atoms with Crippen LogP contribution in [0.5, 0.6) is 0 Å². The van der Waals surface area contributed by atoms with Gasteiger partial charge in [-0.3, -0.25) is 14.7 Å². The molecular weight excluding hydrogens is 288 g/mol. The third kappa shape index (κ3) is 2.64. The number of carbonyl (C=O) groups is 1. The maximum absolute atomic E-state index is 12.4. The largest absolute Gasteiger partial charge is 0.295 e. The predicted molar refractivity (Wildman–Crippen MR) is 90.5 cm³/mol. The number of benzene rings is 1. The van der Waals surface area contributed by atoms with Crippen LogP contribution >= 0.6 is 0 Å². The number of anilines is 1. The number of rotatable bonds is 4. The van der Waals surface area contributed by atoms with Crippen molar-refractivity contribution in [1.82, 2.24) is 9.55 Å². The molecule has 0 aliphatic heterocycles. The number of nitrogens with zero attached hydrogens (tertiary/aromatic N) is 3. The topological polar surface area (TPSA) is 70.7 Å². The zero-order chi connectivity index (χ0) is 16.6. The Hall–Kier alpha value is -2.87. The summed E-state index contributed by atoms with van der Waals surface area (Å²) in [6.07, 6.45) is 5.82. The number of hydrogen-bond donors (Lipinski definition) is 1. The van der Waals surface area contributed by atoms with Gasteiger partial charge in [0.15, 0.2) is 0 Å². The molecule has 0 bridgehead atoms. The molecule has 0 unspecified atom stereocenters. The third-order valence-corrected chi connectivity index (χ3v) is 4.22. The van der Waals surface area contributed by atoms with E-state index in [1.165, 1.54) is 0 Å². The van der Waals surface area contributed by atoms with Gasteiger partial charge in [-0.25, -0.2) is 4.98 Å². The fourth-order valence-electron chi connectivity index (χ4n) is 2.35. The number of hydrogen-bond acceptors (Lipinski definition) is 3. The maximum atomic E-state index is 12.4. The first-order valence-corrected chi connectivity index (χ1v) is 7.63. The summed E-state index contributed by atoms with van der Waals surface area (Å²) in [7, 11) is 0. The van der Waals surface area contributed by atoms with Crippen LogP contribution in [0.2, 0.25) is 0 Å². The van der Waals surface area contributed by atoms with Crippen LogP contribution < -0.4 is 5.32 Å². The van der Waals surface area contributed by atoms with E-state index in [0.29, 0.717) is 11.5 Å². The van der Waals surface area contributed by atoms with Gasteiger partial charge in [-0.2, -0.15) is 5.26 Å². The van der Waals surface area contributed by atoms with Crippen molar-refractivity contribution in [3.63, 3.8) is 0 Å². The van der Waals surface area contributed by atoms with Crippen LogP contribution in [0.4, 0.5) is 5.95 Å². The predicted octanol–water partition coefficient (Wildman–Crippen LogP) is 3.55. The highest BCUT2D eigenvalue weighted by Crippen LogP contribution is 2.29. The van der Waals surface area contributed by atoms with Crippen molar-refractivity contribution in [2.75, 3.05) is 5.32 Å². The van der Waals surface area contributed by atoms with E-state index < -0.39 is 0 Å². The van der Waals surface area contributed by atoms with Gasteiger partial charge in [-0.15, -0.1) is 0 Å². The number of amides is 1. The van der Waals surface area contributed by atoms with Crippen LogP contribution in [0.25, 0.3) is 16.7 Å². The van der Waals surface area contributed by atoms with E-state index in [1.807, 2.05) is 43.6 Å². The summed E-state index contributed by atoms with van der Waals surface area (Å²) in [5.74, 6) is 0.578. The number of fused-ring (bicyclic) bond motifs is 1. The van der Waals surface area contributed by atoms with Crippen molar-refractivity contribution >= 4 is 28.6 Å². The quantitative estimate of drug-likeness (QED) is 0.939. The second-order valence-corrected chi connectivity index (χ2v) is 6.06. The third-order valence-electron chi connectivity index (χ3n) is 4.22. The molecule has 0 fully saturated rings. The van der Waals surface area contributed by atoms with E-state index in [1.54, 1.807) is 18.2 Å². The molecule has 0 saturated heterocycles. The van der Waals surface area contributed by atoms with Crippen molar-refractivity contribution in [2.24, 2.45) is 11.8 Å². The van der Waals surface area contributed by atoms with Gasteiger partial charge in [0.1, 0.15) is 0 Å². The van der Waals surface area contributed by atoms with E-state index in [4.69, 9.17) is 5.26 Å². The molecule has 1 aromatic carbocycles. The van der Waals surface area contributed by atoms with Crippen LogP contribution in [0, 0.1) is 23.2 Å². The molecule has 1 heterocycles. The van der Waals surface area contributed by atoms with Crippen molar-refractivity contribution in [1.29, 1.82) is 5.26 Å². The molecule has 5 nitrogen and oxygen atoms in total. The van der Waals surface area contributed by atoms with E-state index in [0.717, 1.165) is 16.7 Å². The monoisotopic (exact) mass is 306 g/mol. The molecule has 1 atom stereocenters. The summed E-state index contributed by atoms with van der Waals surface area (Å²) in [6, 6.07) is 7.46. The van der Waals surface area contributed by atoms with Gasteiger partial charge in [0.25, 0.3) is 0 Å². The fraction of sp³-hybridized carbons (Fsp3) is 0.278. The summed E-state index contributed by atoms with van der Waals surface area (Å²) in [4.78, 5) is 16.9. The second-order valence-electron chi connectivity index (χ2n) is 6.06. The highest BCUT2D eigenvalue weighted by Gasteiger charge is 2.21. The zero-order valence-corrected chi connectivity index (χ0v) is 13.4. The van der Waals surface area contributed by atoms with Crippen LogP contribution in [-0.2, 0) is 4.79 Å². The van der Waals surface area contributed by atoms with E-state index in [9.17, 15) is 4.79 Å². The maximum Gasteiger partial charge on any atom is 0.229 e. The van der Waals surface area contributed by atoms with Crippen molar-refractivity contribution in [2.45, 2.75) is 20.8 Å². The molecule has 23 heavy (non-hydrogen) atoms. The van der Waals surface area contributed by atoms with Gasteiger partial charge in [0, 0.05) is 11.6 Å². The average Bonchev–Trinajstić information content (AvgIpc) is 2.82. The number of nitriles is 1. The molecular formula is C18H18N4O. The van der Waals surface area contributed by atoms with Gasteiger partial charge in [0.05, 0.1) is 22.7 Å². The molecule has 2 aromatic rings. The zero-order valence-electron chi connectivity index (χ0n) is 13.4. The van der Waals surface area contributed by atoms with Crippen LogP contribution in [0.15, 0.2) is 36.4 Å². The highest BCUT2D eigenvalue weighted by molar-refractivity contribution is 5.95. The smallest absolute Gasteiger partial charge is 0.229 e. The molecule has 1 N–H and O–H groups in total. The van der Waals surface area contributed by atoms with Gasteiger partial charge in [0.2, 0.25) is 11.9 Å². The van der Waals surface area contributed by atoms with Crippen LogP contribution in [-0.4, -0.2) is 15.5 Å². The average molecular weight is 306 g/mol. The van der Waals surface area contributed by atoms with E-state index >= 15 is 0 Å². The fourth-order valence-corrected chi connectivity index (χ4v) is 2.35. The minimum Gasteiger partial charge on any atom is -0.295 e. The Morgan fingerprint density at radius 1 is 1.35 bits per heavy atom. The molecule has 0 spiro atoms. The molecule has 3 rings (SSSR count). The lowest BCUT2D eigenvalue weighted by atomic mass is 9.97. The Bertz CT molecular complexity index is 880. The number of carbonyl (C=O) groups excluding carboxylic acids is 1. The first-order valence-electron chi connectivity index (χ1n) is 7.63. The molecule has 1 aliphatic rings. The highest BCUT2D eigenvalue weighted by atomic mass is 16.2. The van der Waals surface area contributed by atoms with Gasteiger partial charge in [-0.1, -0.05) is 26.8 Å². The number of aromatic nitrogens is 2. The first kappa shape index (κ1) is 15.0. The summed E-state index contributed by atoms with van der Waals surface area (Å²) < 4.78 is 1.88. The normalized spacial score (nSPS) is 14.3. The lowest BCUT2D eigenvalue weighted by Gasteiger charge is -2.17. The molecule has 0 radical (unpaired) electrons. The number of imidazole rings is 1. The van der Waals surface area contributed by atoms with E-state index in [2.05, 4.69) is 16.4 Å². The van der Waals surface area contributed by atoms with Crippen molar-refractivity contribution < 1.29 is 4.79 Å². The lowest BCUT2D eigenvalue weighted by molar-refractivity contribution is -0.120. The Labute approximate surface area is 134 Å². The Morgan fingerprint density at radius 2 is 2.09 bits per heavy atom. The van der Waals surface area contributed by atoms with Crippen LogP contribution in [0.3, 0.4) is 0 Å². The molecule has 5 heteroatoms. The number of allylic oxidation sites excluding steroid dienone is 4. The standard InChI is InChI=1S/C18H18N4O/c1-11(2)12(3)17(23)21-18-20-15-8-7-13(10-19)9-16(15)22(18)14-5-4-6-14/h4-9,11-12H,1-3H3,(H,20,21,23)/t12-/m1/s1. The number of nitrogens with one attached hydrogen (secondary N) is 1. The Morgan fingerprint density at radius 3 is 2.65 bits per heavy atom. The van der Waals surface area contributed by atoms with Crippen molar-refractivity contribution in [3.8, 4) is 6.07 Å². The van der Waals surface area contributed by atoms with Gasteiger partial charge < -0.3 is 0 Å². The SMILES string of the molecule is CC(C)[C@@H](C)C(=O)Nc1nc2ccc(C#N)cc2n1C1=CC=C1. The minimum absolute atomic E-state index is 0.0547. The molecule has 1 amide bonds.